The summed E-state index contributed by atoms with van der Waals surface area (Å²) in [6, 6.07) is 5.16. The minimum absolute atomic E-state index is 0.216. The lowest BCUT2D eigenvalue weighted by Gasteiger charge is -2.38. The molecule has 3 N–H and O–H groups in total. The van der Waals surface area contributed by atoms with Gasteiger partial charge in [0, 0.05) is 38.8 Å². The van der Waals surface area contributed by atoms with E-state index in [0.717, 1.165) is 0 Å². The van der Waals surface area contributed by atoms with Crippen LogP contribution in [-0.4, -0.2) is 54.6 Å². The van der Waals surface area contributed by atoms with Crippen LogP contribution in [0.25, 0.3) is 0 Å². The minimum atomic E-state index is -3.23. The third-order valence-corrected chi connectivity index (χ3v) is 3.67. The number of nitrogens with one attached hydrogen (secondary N) is 2. The van der Waals surface area contributed by atoms with Gasteiger partial charge in [-0.1, -0.05) is 12.1 Å². The second kappa shape index (κ2) is 7.13. The highest BCUT2D eigenvalue weighted by molar-refractivity contribution is 5.88. The number of rotatable bonds is 5. The van der Waals surface area contributed by atoms with Gasteiger partial charge in [0.1, 0.15) is 12.6 Å². The molecule has 1 fully saturated rings. The molecule has 1 aromatic rings. The number of benzene rings is 1. The molecular formula is C15H21F2N3O2. The van der Waals surface area contributed by atoms with Gasteiger partial charge < -0.3 is 15.7 Å². The van der Waals surface area contributed by atoms with Gasteiger partial charge in [0.15, 0.2) is 0 Å². The van der Waals surface area contributed by atoms with Crippen LogP contribution < -0.4 is 10.6 Å². The van der Waals surface area contributed by atoms with Gasteiger partial charge in [-0.15, -0.1) is 0 Å². The Morgan fingerprint density at radius 3 is 2.45 bits per heavy atom. The predicted octanol–water partition coefficient (Wildman–Crippen LogP) is 1.22. The Hall–Kier alpha value is -1.57. The average Bonchev–Trinajstić information content (AvgIpc) is 2.49. The molecule has 1 atom stereocenters. The van der Waals surface area contributed by atoms with Crippen LogP contribution in [0.2, 0.25) is 0 Å². The number of piperazine rings is 1. The number of alkyl halides is 2. The summed E-state index contributed by atoms with van der Waals surface area (Å²) in [7, 11) is 0. The molecule has 2 rings (SSSR count). The molecule has 7 heteroatoms. The molecule has 1 saturated heterocycles. The monoisotopic (exact) mass is 313 g/mol. The normalized spacial score (nSPS) is 18.0. The number of halogens is 2. The fraction of sp³-hybridized carbons (Fsp3) is 0.533. The van der Waals surface area contributed by atoms with E-state index < -0.39 is 18.6 Å². The van der Waals surface area contributed by atoms with E-state index in [4.69, 9.17) is 5.11 Å². The van der Waals surface area contributed by atoms with Crippen molar-refractivity contribution in [3.63, 3.8) is 0 Å². The summed E-state index contributed by atoms with van der Waals surface area (Å²) in [5, 5.41) is 14.8. The molecule has 0 aliphatic carbocycles. The van der Waals surface area contributed by atoms with Gasteiger partial charge >= 0.3 is 0 Å². The van der Waals surface area contributed by atoms with Crippen LogP contribution in [0.5, 0.6) is 0 Å². The van der Waals surface area contributed by atoms with Crippen molar-refractivity contribution in [1.82, 2.24) is 10.2 Å². The second-order valence-electron chi connectivity index (χ2n) is 5.41. The first-order valence-electron chi connectivity index (χ1n) is 7.25. The summed E-state index contributed by atoms with van der Waals surface area (Å²) < 4.78 is 28.4. The third kappa shape index (κ3) is 4.00. The Kier molecular flexibility index (Phi) is 5.44. The standard InChI is InChI=1S/C15H21F2N3O2/c1-11(22)19-13-4-2-12(3-5-13)14(15(16,17)10-21)20-8-6-18-7-9-20/h2-5,14,18,21H,6-10H2,1H3,(H,19,22)/t14-/m1/s1. The lowest BCUT2D eigenvalue weighted by molar-refractivity contribution is -0.118. The van der Waals surface area contributed by atoms with Crippen LogP contribution in [0.3, 0.4) is 0 Å². The molecule has 0 unspecified atom stereocenters. The number of anilines is 1. The molecule has 1 aliphatic rings. The SMILES string of the molecule is CC(=O)Nc1ccc([C@@H](N2CCNCC2)C(F)(F)CO)cc1. The van der Waals surface area contributed by atoms with Crippen molar-refractivity contribution >= 4 is 11.6 Å². The molecule has 1 amide bonds. The van der Waals surface area contributed by atoms with E-state index in [9.17, 15) is 13.6 Å². The first kappa shape index (κ1) is 16.8. The Bertz CT molecular complexity index is 502. The number of aliphatic hydroxyl groups excluding tert-OH is 1. The average molecular weight is 313 g/mol. The van der Waals surface area contributed by atoms with Crippen molar-refractivity contribution in [2.24, 2.45) is 0 Å². The number of hydrogen-bond donors (Lipinski definition) is 3. The topological polar surface area (TPSA) is 64.6 Å². The Labute approximate surface area is 128 Å². The zero-order valence-electron chi connectivity index (χ0n) is 12.5. The van der Waals surface area contributed by atoms with E-state index >= 15 is 0 Å². The smallest absolute Gasteiger partial charge is 0.289 e. The quantitative estimate of drug-likeness (QED) is 0.765. The predicted molar refractivity (Wildman–Crippen MR) is 80.0 cm³/mol. The highest BCUT2D eigenvalue weighted by Gasteiger charge is 2.43. The molecule has 1 aliphatic heterocycles. The zero-order chi connectivity index (χ0) is 16.2. The van der Waals surface area contributed by atoms with Crippen molar-refractivity contribution in [3.8, 4) is 0 Å². The lowest BCUT2D eigenvalue weighted by atomic mass is 9.98. The van der Waals surface area contributed by atoms with Crippen LogP contribution in [0.15, 0.2) is 24.3 Å². The van der Waals surface area contributed by atoms with Crippen LogP contribution in [0, 0.1) is 0 Å². The molecule has 0 bridgehead atoms. The van der Waals surface area contributed by atoms with Crippen molar-refractivity contribution in [2.75, 3.05) is 38.1 Å². The van der Waals surface area contributed by atoms with E-state index in [0.29, 0.717) is 37.4 Å². The largest absolute Gasteiger partial charge is 0.390 e. The third-order valence-electron chi connectivity index (χ3n) is 3.67. The summed E-state index contributed by atoms with van der Waals surface area (Å²) in [6.07, 6.45) is 0. The van der Waals surface area contributed by atoms with Gasteiger partial charge in [0.2, 0.25) is 5.91 Å². The van der Waals surface area contributed by atoms with E-state index in [2.05, 4.69) is 10.6 Å². The molecule has 0 aromatic heterocycles. The summed E-state index contributed by atoms with van der Waals surface area (Å²) in [6.45, 7) is 2.46. The summed E-state index contributed by atoms with van der Waals surface area (Å²) in [4.78, 5) is 12.7. The maximum atomic E-state index is 14.2. The van der Waals surface area contributed by atoms with E-state index in [1.807, 2.05) is 0 Å². The highest BCUT2D eigenvalue weighted by atomic mass is 19.3. The number of amides is 1. The van der Waals surface area contributed by atoms with Gasteiger partial charge in [-0.05, 0) is 17.7 Å². The molecule has 22 heavy (non-hydrogen) atoms. The molecule has 0 radical (unpaired) electrons. The Balaban J connectivity index is 2.26. The van der Waals surface area contributed by atoms with E-state index in [-0.39, 0.29) is 5.91 Å². The van der Waals surface area contributed by atoms with Crippen LogP contribution >= 0.6 is 0 Å². The van der Waals surface area contributed by atoms with Gasteiger partial charge in [0.05, 0.1) is 0 Å². The van der Waals surface area contributed by atoms with Gasteiger partial charge in [0.25, 0.3) is 5.92 Å². The number of aliphatic hydroxyl groups is 1. The molecule has 1 heterocycles. The Morgan fingerprint density at radius 1 is 1.36 bits per heavy atom. The summed E-state index contributed by atoms with van der Waals surface area (Å²) >= 11 is 0. The number of hydrogen-bond acceptors (Lipinski definition) is 4. The molecule has 1 aromatic carbocycles. The van der Waals surface area contributed by atoms with E-state index in [1.165, 1.54) is 6.92 Å². The van der Waals surface area contributed by atoms with Crippen molar-refractivity contribution in [2.45, 2.75) is 18.9 Å². The maximum absolute atomic E-state index is 14.2. The molecule has 0 spiro atoms. The first-order chi connectivity index (χ1) is 10.4. The number of carbonyl (C=O) groups excluding carboxylic acids is 1. The number of carbonyl (C=O) groups is 1. The van der Waals surface area contributed by atoms with Crippen molar-refractivity contribution < 1.29 is 18.7 Å². The van der Waals surface area contributed by atoms with Crippen LogP contribution in [0.1, 0.15) is 18.5 Å². The lowest BCUT2D eigenvalue weighted by Crippen LogP contribution is -2.51. The van der Waals surface area contributed by atoms with Crippen LogP contribution in [-0.2, 0) is 4.79 Å². The van der Waals surface area contributed by atoms with Gasteiger partial charge in [-0.3, -0.25) is 9.69 Å². The summed E-state index contributed by atoms with van der Waals surface area (Å²) in [5.41, 5.74) is 0.984. The second-order valence-corrected chi connectivity index (χ2v) is 5.41. The first-order valence-corrected chi connectivity index (χ1v) is 7.25. The Morgan fingerprint density at radius 2 is 1.95 bits per heavy atom. The molecule has 5 nitrogen and oxygen atoms in total. The van der Waals surface area contributed by atoms with E-state index in [1.54, 1.807) is 29.2 Å². The fourth-order valence-electron chi connectivity index (χ4n) is 2.70. The highest BCUT2D eigenvalue weighted by Crippen LogP contribution is 2.36. The number of nitrogens with zero attached hydrogens (tertiary/aromatic N) is 1. The fourth-order valence-corrected chi connectivity index (χ4v) is 2.70. The summed E-state index contributed by atoms with van der Waals surface area (Å²) in [5.74, 6) is -3.44. The van der Waals surface area contributed by atoms with Crippen molar-refractivity contribution in [1.29, 1.82) is 0 Å². The molecule has 122 valence electrons. The van der Waals surface area contributed by atoms with Gasteiger partial charge in [-0.25, -0.2) is 8.78 Å². The molecule has 0 saturated carbocycles. The van der Waals surface area contributed by atoms with Gasteiger partial charge in [-0.2, -0.15) is 0 Å². The maximum Gasteiger partial charge on any atom is 0.289 e. The molecular weight excluding hydrogens is 292 g/mol. The zero-order valence-corrected chi connectivity index (χ0v) is 12.5. The van der Waals surface area contributed by atoms with Crippen LogP contribution in [0.4, 0.5) is 14.5 Å². The van der Waals surface area contributed by atoms with Crippen molar-refractivity contribution in [3.05, 3.63) is 29.8 Å². The minimum Gasteiger partial charge on any atom is -0.390 e.